The zero-order valence-corrected chi connectivity index (χ0v) is 17.1. The second-order valence-corrected chi connectivity index (χ2v) is 9.71. The molecule has 3 aromatic rings. The van der Waals surface area contributed by atoms with Gasteiger partial charge >= 0.3 is 5.97 Å². The van der Waals surface area contributed by atoms with E-state index in [4.69, 9.17) is 4.74 Å². The predicted octanol–water partition coefficient (Wildman–Crippen LogP) is 2.99. The molecule has 1 saturated heterocycles. The van der Waals surface area contributed by atoms with Gasteiger partial charge in [-0.25, -0.2) is 13.2 Å². The van der Waals surface area contributed by atoms with Crippen LogP contribution in [-0.4, -0.2) is 47.8 Å². The number of rotatable bonds is 5. The average molecular weight is 414 g/mol. The number of aryl methyl sites for hydroxylation is 1. The molecule has 0 unspecified atom stereocenters. The molecule has 0 radical (unpaired) electrons. The van der Waals surface area contributed by atoms with Gasteiger partial charge in [0.25, 0.3) is 0 Å². The molecule has 1 aromatic carbocycles. The van der Waals surface area contributed by atoms with Gasteiger partial charge in [0.2, 0.25) is 5.78 Å². The number of H-pyrrole nitrogens is 1. The molecule has 2 aromatic heterocycles. The van der Waals surface area contributed by atoms with Gasteiger partial charge in [-0.3, -0.25) is 4.79 Å². The molecule has 29 heavy (non-hydrogen) atoms. The molecule has 8 heteroatoms. The molecular weight excluding hydrogens is 392 g/mol. The largest absolute Gasteiger partial charge is 0.453 e. The van der Waals surface area contributed by atoms with Gasteiger partial charge < -0.3 is 14.3 Å². The highest BCUT2D eigenvalue weighted by atomic mass is 32.2. The van der Waals surface area contributed by atoms with Crippen molar-refractivity contribution in [1.82, 2.24) is 9.55 Å². The fourth-order valence-corrected chi connectivity index (χ4v) is 5.77. The molecule has 1 N–H and O–H groups in total. The molecule has 0 bridgehead atoms. The van der Waals surface area contributed by atoms with E-state index in [-0.39, 0.29) is 29.9 Å². The molecule has 0 saturated carbocycles. The Balaban J connectivity index is 1.47. The van der Waals surface area contributed by atoms with Gasteiger partial charge in [-0.15, -0.1) is 0 Å². The van der Waals surface area contributed by atoms with Crippen LogP contribution in [0.25, 0.3) is 10.9 Å². The van der Waals surface area contributed by atoms with Crippen LogP contribution < -0.4 is 0 Å². The minimum absolute atomic E-state index is 0.0896. The highest BCUT2D eigenvalue weighted by Crippen LogP contribution is 2.29. The summed E-state index contributed by atoms with van der Waals surface area (Å²) < 4.78 is 30.8. The van der Waals surface area contributed by atoms with Gasteiger partial charge in [-0.1, -0.05) is 18.2 Å². The fourth-order valence-electron chi connectivity index (χ4n) is 4.07. The van der Waals surface area contributed by atoms with E-state index >= 15 is 0 Å². The topological polar surface area (TPSA) is 98.2 Å². The zero-order valence-electron chi connectivity index (χ0n) is 16.3. The van der Waals surface area contributed by atoms with Crippen molar-refractivity contribution < 1.29 is 22.7 Å². The van der Waals surface area contributed by atoms with E-state index in [1.807, 2.05) is 35.8 Å². The summed E-state index contributed by atoms with van der Waals surface area (Å²) in [4.78, 5) is 28.0. The van der Waals surface area contributed by atoms with Crippen molar-refractivity contribution in [2.75, 3.05) is 18.1 Å². The Bertz CT molecular complexity index is 1190. The van der Waals surface area contributed by atoms with E-state index in [0.29, 0.717) is 23.4 Å². The molecule has 7 nitrogen and oxygen atoms in total. The maximum absolute atomic E-state index is 12.7. The normalized spacial score (nSPS) is 18.2. The number of hydrogen-bond acceptors (Lipinski definition) is 5. The molecule has 1 fully saturated rings. The van der Waals surface area contributed by atoms with Crippen LogP contribution in [0.4, 0.5) is 0 Å². The van der Waals surface area contributed by atoms with Crippen LogP contribution in [0.3, 0.4) is 0 Å². The van der Waals surface area contributed by atoms with E-state index in [1.54, 1.807) is 19.1 Å². The molecule has 3 heterocycles. The van der Waals surface area contributed by atoms with E-state index in [2.05, 4.69) is 4.98 Å². The zero-order chi connectivity index (χ0) is 20.8. The standard InChI is InChI=1S/C21H22N2O5S/c1-13-9-17(14(2)23(13)16-7-8-29(26,27)12-16)20(24)11-28-21(25)19-10-15-5-3-4-6-18(15)22-19/h3-6,9-10,16,22H,7-8,11-12H2,1-2H3/t16-/m0/s1. The molecule has 0 aliphatic carbocycles. The van der Waals surface area contributed by atoms with E-state index in [1.165, 1.54) is 0 Å². The van der Waals surface area contributed by atoms with Crippen molar-refractivity contribution in [2.24, 2.45) is 0 Å². The fraction of sp³-hybridized carbons (Fsp3) is 0.333. The summed E-state index contributed by atoms with van der Waals surface area (Å²) in [7, 11) is -3.03. The smallest absolute Gasteiger partial charge is 0.355 e. The number of nitrogens with one attached hydrogen (secondary N) is 1. The van der Waals surface area contributed by atoms with E-state index < -0.39 is 15.8 Å². The first kappa shape index (κ1) is 19.4. The van der Waals surface area contributed by atoms with Crippen LogP contribution in [0.1, 0.15) is 44.7 Å². The van der Waals surface area contributed by atoms with Crippen LogP contribution in [0.15, 0.2) is 36.4 Å². The average Bonchev–Trinajstić information content (AvgIpc) is 3.34. The Morgan fingerprint density at radius 3 is 2.66 bits per heavy atom. The third-order valence-electron chi connectivity index (χ3n) is 5.44. The maximum Gasteiger partial charge on any atom is 0.355 e. The van der Waals surface area contributed by atoms with Crippen molar-refractivity contribution in [3.05, 3.63) is 59.0 Å². The summed E-state index contributed by atoms with van der Waals surface area (Å²) in [6.07, 6.45) is 0.543. The summed E-state index contributed by atoms with van der Waals surface area (Å²) >= 11 is 0. The number of ketones is 1. The number of para-hydroxylation sites is 1. The maximum atomic E-state index is 12.7. The van der Waals surface area contributed by atoms with E-state index in [0.717, 1.165) is 16.6 Å². The van der Waals surface area contributed by atoms with Crippen LogP contribution in [0.5, 0.6) is 0 Å². The summed E-state index contributed by atoms with van der Waals surface area (Å²) in [6.45, 7) is 3.28. The first-order valence-corrected chi connectivity index (χ1v) is 11.2. The van der Waals surface area contributed by atoms with Crippen molar-refractivity contribution >= 4 is 32.5 Å². The third-order valence-corrected chi connectivity index (χ3v) is 7.19. The first-order valence-electron chi connectivity index (χ1n) is 9.42. The number of Topliss-reactive ketones (excluding diaryl/α,β-unsaturated/α-hetero) is 1. The van der Waals surface area contributed by atoms with Crippen LogP contribution >= 0.6 is 0 Å². The SMILES string of the molecule is Cc1cc(C(=O)COC(=O)c2cc3ccccc3[nH]2)c(C)n1[C@H]1CCS(=O)(=O)C1. The quantitative estimate of drug-likeness (QED) is 0.511. The number of carbonyl (C=O) groups excluding carboxylic acids is 2. The molecule has 4 rings (SSSR count). The number of hydrogen-bond donors (Lipinski definition) is 1. The Kier molecular flexibility index (Phi) is 4.82. The number of ether oxygens (including phenoxy) is 1. The Morgan fingerprint density at radius 2 is 1.97 bits per heavy atom. The highest BCUT2D eigenvalue weighted by molar-refractivity contribution is 7.91. The number of aromatic amines is 1. The van der Waals surface area contributed by atoms with Crippen molar-refractivity contribution in [2.45, 2.75) is 26.3 Å². The van der Waals surface area contributed by atoms with Crippen LogP contribution in [0.2, 0.25) is 0 Å². The second kappa shape index (κ2) is 7.18. The number of aromatic nitrogens is 2. The second-order valence-electron chi connectivity index (χ2n) is 7.48. The Hall–Kier alpha value is -2.87. The lowest BCUT2D eigenvalue weighted by atomic mass is 10.1. The third kappa shape index (κ3) is 3.72. The lowest BCUT2D eigenvalue weighted by Gasteiger charge is -2.16. The molecule has 0 amide bonds. The van der Waals surface area contributed by atoms with E-state index in [9.17, 15) is 18.0 Å². The number of carbonyl (C=O) groups is 2. The van der Waals surface area contributed by atoms with Gasteiger partial charge in [-0.2, -0.15) is 0 Å². The van der Waals surface area contributed by atoms with Crippen LogP contribution in [0, 0.1) is 13.8 Å². The van der Waals surface area contributed by atoms with Gasteiger partial charge in [0.05, 0.1) is 11.5 Å². The summed E-state index contributed by atoms with van der Waals surface area (Å²) in [5.74, 6) is -0.646. The van der Waals surface area contributed by atoms with Crippen molar-refractivity contribution in [1.29, 1.82) is 0 Å². The summed E-state index contributed by atoms with van der Waals surface area (Å²) in [5, 5.41) is 0.890. The number of benzene rings is 1. The Labute approximate surface area is 168 Å². The summed E-state index contributed by atoms with van der Waals surface area (Å²) in [5.41, 5.74) is 3.10. The van der Waals surface area contributed by atoms with Gasteiger partial charge in [-0.05, 0) is 38.5 Å². The van der Waals surface area contributed by atoms with Gasteiger partial charge in [0.15, 0.2) is 16.4 Å². The Morgan fingerprint density at radius 1 is 1.21 bits per heavy atom. The molecule has 0 spiro atoms. The van der Waals surface area contributed by atoms with Crippen LogP contribution in [-0.2, 0) is 14.6 Å². The lowest BCUT2D eigenvalue weighted by Crippen LogP contribution is -2.17. The van der Waals surface area contributed by atoms with Gasteiger partial charge in [0.1, 0.15) is 5.69 Å². The molecule has 1 aliphatic heterocycles. The monoisotopic (exact) mass is 414 g/mol. The first-order chi connectivity index (χ1) is 13.7. The molecule has 1 aliphatic rings. The highest BCUT2D eigenvalue weighted by Gasteiger charge is 2.31. The predicted molar refractivity (Wildman–Crippen MR) is 109 cm³/mol. The number of esters is 1. The number of nitrogens with zero attached hydrogens (tertiary/aromatic N) is 1. The minimum atomic E-state index is -3.03. The molecule has 152 valence electrons. The lowest BCUT2D eigenvalue weighted by molar-refractivity contribution is 0.0469. The van der Waals surface area contributed by atoms with Crippen molar-refractivity contribution in [3.8, 4) is 0 Å². The summed E-state index contributed by atoms with van der Waals surface area (Å²) in [6, 6.07) is 10.7. The number of sulfone groups is 1. The molecule has 1 atom stereocenters. The van der Waals surface area contributed by atoms with Crippen molar-refractivity contribution in [3.63, 3.8) is 0 Å². The molecular formula is C21H22N2O5S. The number of fused-ring (bicyclic) bond motifs is 1. The van der Waals surface area contributed by atoms with Gasteiger partial charge in [0, 0.05) is 33.9 Å². The minimum Gasteiger partial charge on any atom is -0.453 e.